The van der Waals surface area contributed by atoms with Crippen molar-refractivity contribution in [3.8, 4) is 0 Å². The molecule has 2 fully saturated rings. The molecule has 2 aliphatic rings. The van der Waals surface area contributed by atoms with Crippen LogP contribution in [0.15, 0.2) is 0 Å². The zero-order valence-electron chi connectivity index (χ0n) is 9.30. The second-order valence-electron chi connectivity index (χ2n) is 4.80. The van der Waals surface area contributed by atoms with Gasteiger partial charge in [-0.2, -0.15) is 11.8 Å². The van der Waals surface area contributed by atoms with Gasteiger partial charge in [-0.3, -0.25) is 0 Å². The molecule has 82 valence electrons. The highest BCUT2D eigenvalue weighted by Crippen LogP contribution is 2.37. The Bertz CT molecular complexity index is 158. The van der Waals surface area contributed by atoms with Crippen LogP contribution in [-0.2, 0) is 0 Å². The van der Waals surface area contributed by atoms with Gasteiger partial charge >= 0.3 is 0 Å². The van der Waals surface area contributed by atoms with Crippen molar-refractivity contribution in [1.29, 1.82) is 0 Å². The van der Waals surface area contributed by atoms with Crippen molar-refractivity contribution in [3.05, 3.63) is 0 Å². The maximum atomic E-state index is 3.41. The fourth-order valence-electron chi connectivity index (χ4n) is 2.78. The van der Waals surface area contributed by atoms with Crippen LogP contribution in [0, 0.1) is 0 Å². The number of hydrogen-bond acceptors (Lipinski definition) is 2. The highest BCUT2D eigenvalue weighted by molar-refractivity contribution is 8.00. The van der Waals surface area contributed by atoms with Gasteiger partial charge in [0, 0.05) is 16.5 Å². The van der Waals surface area contributed by atoms with E-state index in [1.165, 1.54) is 51.4 Å². The Morgan fingerprint density at radius 1 is 0.857 bits per heavy atom. The predicted molar refractivity (Wildman–Crippen MR) is 65.0 cm³/mol. The highest BCUT2D eigenvalue weighted by atomic mass is 32.2. The number of thioether (sulfide) groups is 1. The van der Waals surface area contributed by atoms with Crippen molar-refractivity contribution in [2.24, 2.45) is 0 Å². The molecule has 0 saturated heterocycles. The van der Waals surface area contributed by atoms with E-state index in [9.17, 15) is 0 Å². The molecule has 1 nitrogen and oxygen atoms in total. The van der Waals surface area contributed by atoms with Crippen LogP contribution in [0.1, 0.15) is 51.4 Å². The molecule has 0 atom stereocenters. The van der Waals surface area contributed by atoms with E-state index in [0.29, 0.717) is 0 Å². The van der Waals surface area contributed by atoms with Crippen LogP contribution in [0.5, 0.6) is 0 Å². The molecule has 2 rings (SSSR count). The third-order valence-electron chi connectivity index (χ3n) is 3.77. The maximum absolute atomic E-state index is 3.41. The van der Waals surface area contributed by atoms with Crippen LogP contribution in [0.25, 0.3) is 0 Å². The molecule has 1 N–H and O–H groups in total. The number of rotatable bonds is 3. The Kier molecular flexibility index (Phi) is 4.18. The third-order valence-corrected chi connectivity index (χ3v) is 5.48. The molecule has 0 spiro atoms. The Labute approximate surface area is 92.4 Å². The maximum Gasteiger partial charge on any atom is 0.00648 e. The fraction of sp³-hybridized carbons (Fsp3) is 1.00. The Morgan fingerprint density at radius 3 is 2.00 bits per heavy atom. The summed E-state index contributed by atoms with van der Waals surface area (Å²) in [6, 6.07) is 0.815. The van der Waals surface area contributed by atoms with Crippen LogP contribution in [0.2, 0.25) is 0 Å². The molecular formula is C12H23NS. The fourth-order valence-corrected chi connectivity index (χ4v) is 4.48. The van der Waals surface area contributed by atoms with Gasteiger partial charge in [0.25, 0.3) is 0 Å². The minimum Gasteiger partial charge on any atom is -0.317 e. The summed E-state index contributed by atoms with van der Waals surface area (Å²) in [5.41, 5.74) is 0. The van der Waals surface area contributed by atoms with Crippen LogP contribution in [-0.4, -0.2) is 23.6 Å². The van der Waals surface area contributed by atoms with E-state index in [-0.39, 0.29) is 0 Å². The van der Waals surface area contributed by atoms with Crippen LogP contribution >= 0.6 is 11.8 Å². The van der Waals surface area contributed by atoms with Crippen molar-refractivity contribution >= 4 is 11.8 Å². The molecule has 2 aliphatic carbocycles. The largest absolute Gasteiger partial charge is 0.317 e. The van der Waals surface area contributed by atoms with Gasteiger partial charge in [0.1, 0.15) is 0 Å². The molecule has 0 amide bonds. The summed E-state index contributed by atoms with van der Waals surface area (Å²) >= 11 is 2.31. The van der Waals surface area contributed by atoms with Gasteiger partial charge in [-0.05, 0) is 45.6 Å². The first-order valence-electron chi connectivity index (χ1n) is 6.21. The van der Waals surface area contributed by atoms with E-state index in [0.717, 1.165) is 16.5 Å². The molecule has 0 aliphatic heterocycles. The van der Waals surface area contributed by atoms with Gasteiger partial charge in [0.05, 0.1) is 0 Å². The van der Waals surface area contributed by atoms with Gasteiger partial charge in [0.15, 0.2) is 0 Å². The van der Waals surface area contributed by atoms with Gasteiger partial charge in [-0.15, -0.1) is 0 Å². The standard InChI is InChI=1S/C12H23NS/c1-13-10-6-8-12(9-7-10)14-11-4-2-3-5-11/h10-13H,2-9H2,1H3. The lowest BCUT2D eigenvalue weighted by Crippen LogP contribution is -2.31. The Balaban J connectivity index is 1.67. The molecule has 0 radical (unpaired) electrons. The Morgan fingerprint density at radius 2 is 1.43 bits per heavy atom. The molecule has 0 bridgehead atoms. The van der Waals surface area contributed by atoms with E-state index >= 15 is 0 Å². The Hall–Kier alpha value is 0.310. The van der Waals surface area contributed by atoms with Gasteiger partial charge in [-0.25, -0.2) is 0 Å². The molecule has 2 saturated carbocycles. The first-order chi connectivity index (χ1) is 6.88. The van der Waals surface area contributed by atoms with E-state index in [1.807, 2.05) is 0 Å². The molecule has 0 aromatic carbocycles. The summed E-state index contributed by atoms with van der Waals surface area (Å²) in [7, 11) is 2.11. The van der Waals surface area contributed by atoms with E-state index in [2.05, 4.69) is 24.1 Å². The summed E-state index contributed by atoms with van der Waals surface area (Å²) in [5.74, 6) is 0. The third kappa shape index (κ3) is 2.90. The normalized spacial score (nSPS) is 34.9. The molecular weight excluding hydrogens is 190 g/mol. The first kappa shape index (κ1) is 10.8. The van der Waals surface area contributed by atoms with Crippen molar-refractivity contribution in [3.63, 3.8) is 0 Å². The van der Waals surface area contributed by atoms with E-state index in [4.69, 9.17) is 0 Å². The summed E-state index contributed by atoms with van der Waals surface area (Å²) in [6.07, 6.45) is 11.7. The van der Waals surface area contributed by atoms with E-state index < -0.39 is 0 Å². The summed E-state index contributed by atoms with van der Waals surface area (Å²) in [6.45, 7) is 0. The summed E-state index contributed by atoms with van der Waals surface area (Å²) in [5, 5.41) is 5.42. The molecule has 0 heterocycles. The molecule has 0 aromatic heterocycles. The van der Waals surface area contributed by atoms with Crippen LogP contribution < -0.4 is 5.32 Å². The topological polar surface area (TPSA) is 12.0 Å². The summed E-state index contributed by atoms with van der Waals surface area (Å²) < 4.78 is 0. The average molecular weight is 213 g/mol. The predicted octanol–water partition coefficient (Wildman–Crippen LogP) is 3.19. The first-order valence-corrected chi connectivity index (χ1v) is 7.15. The van der Waals surface area contributed by atoms with Crippen molar-refractivity contribution in [1.82, 2.24) is 5.32 Å². The summed E-state index contributed by atoms with van der Waals surface area (Å²) in [4.78, 5) is 0. The minimum atomic E-state index is 0.815. The van der Waals surface area contributed by atoms with Crippen molar-refractivity contribution < 1.29 is 0 Å². The monoisotopic (exact) mass is 213 g/mol. The number of hydrogen-bond donors (Lipinski definition) is 1. The molecule has 2 heteroatoms. The molecule has 0 unspecified atom stereocenters. The minimum absolute atomic E-state index is 0.815. The van der Waals surface area contributed by atoms with Crippen molar-refractivity contribution in [2.75, 3.05) is 7.05 Å². The lowest BCUT2D eigenvalue weighted by molar-refractivity contribution is 0.401. The SMILES string of the molecule is CNC1CCC(SC2CCCC2)CC1. The zero-order chi connectivity index (χ0) is 9.80. The smallest absolute Gasteiger partial charge is 0.00648 e. The number of nitrogens with one attached hydrogen (secondary N) is 1. The zero-order valence-corrected chi connectivity index (χ0v) is 10.1. The van der Waals surface area contributed by atoms with Crippen LogP contribution in [0.4, 0.5) is 0 Å². The highest BCUT2D eigenvalue weighted by Gasteiger charge is 2.24. The van der Waals surface area contributed by atoms with Gasteiger partial charge in [-0.1, -0.05) is 12.8 Å². The lowest BCUT2D eigenvalue weighted by atomic mass is 9.95. The lowest BCUT2D eigenvalue weighted by Gasteiger charge is -2.29. The van der Waals surface area contributed by atoms with E-state index in [1.54, 1.807) is 0 Å². The van der Waals surface area contributed by atoms with Crippen LogP contribution in [0.3, 0.4) is 0 Å². The molecule has 0 aromatic rings. The van der Waals surface area contributed by atoms with Crippen molar-refractivity contribution in [2.45, 2.75) is 67.9 Å². The molecule has 14 heavy (non-hydrogen) atoms. The second kappa shape index (κ2) is 5.41. The van der Waals surface area contributed by atoms with Gasteiger partial charge in [0.2, 0.25) is 0 Å². The van der Waals surface area contributed by atoms with Gasteiger partial charge < -0.3 is 5.32 Å². The quantitative estimate of drug-likeness (QED) is 0.772. The average Bonchev–Trinajstić information content (AvgIpc) is 2.72. The second-order valence-corrected chi connectivity index (χ2v) is 6.41.